The fraction of sp³-hybridized carbons (Fsp3) is 0.150. The molecule has 23 heavy (non-hydrogen) atoms. The highest BCUT2D eigenvalue weighted by Crippen LogP contribution is 2.35. The molecule has 1 heterocycles. The zero-order valence-corrected chi connectivity index (χ0v) is 12.6. The van der Waals surface area contributed by atoms with Gasteiger partial charge in [-0.15, -0.1) is 0 Å². The average Bonchev–Trinajstić information content (AvgIpc) is 2.60. The number of aliphatic hydroxyl groups excluding tert-OH is 1. The topological polar surface area (TPSA) is 40.5 Å². The van der Waals surface area contributed by atoms with Crippen LogP contribution >= 0.6 is 0 Å². The molecule has 114 valence electrons. The van der Waals surface area contributed by atoms with E-state index in [1.807, 2.05) is 60.7 Å². The summed E-state index contributed by atoms with van der Waals surface area (Å²) < 4.78 is 0. The minimum absolute atomic E-state index is 0.0676. The van der Waals surface area contributed by atoms with Gasteiger partial charge in [-0.25, -0.2) is 0 Å². The van der Waals surface area contributed by atoms with Gasteiger partial charge >= 0.3 is 0 Å². The van der Waals surface area contributed by atoms with Crippen molar-refractivity contribution in [2.45, 2.75) is 12.5 Å². The molecule has 0 aliphatic carbocycles. The number of carbonyl (C=O) groups is 1. The highest BCUT2D eigenvalue weighted by Gasteiger charge is 2.29. The maximum atomic E-state index is 13.0. The van der Waals surface area contributed by atoms with Gasteiger partial charge in [-0.2, -0.15) is 0 Å². The summed E-state index contributed by atoms with van der Waals surface area (Å²) in [6.45, 7) is 0.328. The van der Waals surface area contributed by atoms with Crippen LogP contribution in [0.1, 0.15) is 15.9 Å². The molecule has 3 heteroatoms. The average molecular weight is 303 g/mol. The SMILES string of the molecule is O=C(c1ccccc1)N1CC(O)Cc2ccc3ccccc3c21. The molecule has 0 radical (unpaired) electrons. The van der Waals surface area contributed by atoms with Crippen molar-refractivity contribution >= 4 is 22.4 Å². The zero-order chi connectivity index (χ0) is 15.8. The fourth-order valence-electron chi connectivity index (χ4n) is 3.33. The van der Waals surface area contributed by atoms with Gasteiger partial charge in [0.15, 0.2) is 0 Å². The van der Waals surface area contributed by atoms with Gasteiger partial charge in [-0.05, 0) is 23.1 Å². The Labute approximate surface area is 134 Å². The monoisotopic (exact) mass is 303 g/mol. The van der Waals surface area contributed by atoms with E-state index in [4.69, 9.17) is 0 Å². The third-order valence-corrected chi connectivity index (χ3v) is 4.37. The van der Waals surface area contributed by atoms with Crippen LogP contribution in [0.15, 0.2) is 66.7 Å². The maximum Gasteiger partial charge on any atom is 0.258 e. The number of hydrogen-bond acceptors (Lipinski definition) is 2. The number of rotatable bonds is 1. The summed E-state index contributed by atoms with van der Waals surface area (Å²) in [6.07, 6.45) is 0.0509. The van der Waals surface area contributed by atoms with Crippen LogP contribution in [0.5, 0.6) is 0 Å². The molecule has 3 nitrogen and oxygen atoms in total. The molecule has 3 aromatic rings. The van der Waals surface area contributed by atoms with E-state index in [1.165, 1.54) is 0 Å². The van der Waals surface area contributed by atoms with Crippen LogP contribution in [0.25, 0.3) is 10.8 Å². The summed E-state index contributed by atoms with van der Waals surface area (Å²) in [6, 6.07) is 21.4. The van der Waals surface area contributed by atoms with E-state index >= 15 is 0 Å². The van der Waals surface area contributed by atoms with Crippen molar-refractivity contribution in [3.8, 4) is 0 Å². The van der Waals surface area contributed by atoms with Crippen molar-refractivity contribution in [1.82, 2.24) is 0 Å². The summed E-state index contributed by atoms with van der Waals surface area (Å²) in [7, 11) is 0. The molecule has 1 N–H and O–H groups in total. The Morgan fingerprint density at radius 3 is 2.52 bits per heavy atom. The Morgan fingerprint density at radius 2 is 1.70 bits per heavy atom. The lowest BCUT2D eigenvalue weighted by Crippen LogP contribution is -2.42. The van der Waals surface area contributed by atoms with Gasteiger partial charge in [-0.1, -0.05) is 54.6 Å². The van der Waals surface area contributed by atoms with Gasteiger partial charge in [-0.3, -0.25) is 4.79 Å². The summed E-state index contributed by atoms with van der Waals surface area (Å²) >= 11 is 0. The van der Waals surface area contributed by atoms with Gasteiger partial charge < -0.3 is 10.0 Å². The summed E-state index contributed by atoms with van der Waals surface area (Å²) in [5, 5.41) is 12.4. The van der Waals surface area contributed by atoms with E-state index in [0.717, 1.165) is 22.0 Å². The first kappa shape index (κ1) is 14.0. The molecule has 1 aliphatic heterocycles. The van der Waals surface area contributed by atoms with Crippen molar-refractivity contribution in [2.24, 2.45) is 0 Å². The van der Waals surface area contributed by atoms with E-state index in [-0.39, 0.29) is 5.91 Å². The van der Waals surface area contributed by atoms with Crippen LogP contribution in [0.3, 0.4) is 0 Å². The van der Waals surface area contributed by atoms with Crippen LogP contribution in [0.4, 0.5) is 5.69 Å². The van der Waals surface area contributed by atoms with E-state index in [0.29, 0.717) is 18.5 Å². The smallest absolute Gasteiger partial charge is 0.258 e. The van der Waals surface area contributed by atoms with Crippen LogP contribution < -0.4 is 4.90 Å². The van der Waals surface area contributed by atoms with Crippen LogP contribution in [-0.4, -0.2) is 23.7 Å². The lowest BCUT2D eigenvalue weighted by molar-refractivity contribution is 0.0955. The third kappa shape index (κ3) is 2.39. The van der Waals surface area contributed by atoms with Crippen molar-refractivity contribution in [3.05, 3.63) is 77.9 Å². The molecule has 1 atom stereocenters. The second-order valence-corrected chi connectivity index (χ2v) is 5.93. The molecule has 3 aromatic carbocycles. The summed E-state index contributed by atoms with van der Waals surface area (Å²) in [4.78, 5) is 14.7. The number of β-amino-alcohol motifs (C(OH)–C–C–N with tert-alkyl or cyclic N) is 1. The third-order valence-electron chi connectivity index (χ3n) is 4.37. The first-order valence-electron chi connectivity index (χ1n) is 7.79. The molecule has 1 amide bonds. The van der Waals surface area contributed by atoms with Crippen molar-refractivity contribution in [1.29, 1.82) is 0 Å². The Hall–Kier alpha value is -2.65. The van der Waals surface area contributed by atoms with Gasteiger partial charge in [0, 0.05) is 17.4 Å². The molecular formula is C20H17NO2. The van der Waals surface area contributed by atoms with Gasteiger partial charge in [0.2, 0.25) is 0 Å². The van der Waals surface area contributed by atoms with Crippen LogP contribution in [-0.2, 0) is 6.42 Å². The molecular weight excluding hydrogens is 286 g/mol. The van der Waals surface area contributed by atoms with Crippen molar-refractivity contribution in [2.75, 3.05) is 11.4 Å². The normalized spacial score (nSPS) is 17.1. The fourth-order valence-corrected chi connectivity index (χ4v) is 3.33. The number of carbonyl (C=O) groups excluding carboxylic acids is 1. The lowest BCUT2D eigenvalue weighted by Gasteiger charge is -2.33. The maximum absolute atomic E-state index is 13.0. The van der Waals surface area contributed by atoms with Crippen molar-refractivity contribution < 1.29 is 9.90 Å². The molecule has 0 bridgehead atoms. The predicted molar refractivity (Wildman–Crippen MR) is 91.8 cm³/mol. The van der Waals surface area contributed by atoms with Crippen LogP contribution in [0.2, 0.25) is 0 Å². The second kappa shape index (κ2) is 5.52. The van der Waals surface area contributed by atoms with Crippen molar-refractivity contribution in [3.63, 3.8) is 0 Å². The number of nitrogens with zero attached hydrogens (tertiary/aromatic N) is 1. The first-order chi connectivity index (χ1) is 11.2. The quantitative estimate of drug-likeness (QED) is 0.748. The Kier molecular flexibility index (Phi) is 3.36. The van der Waals surface area contributed by atoms with E-state index in [2.05, 4.69) is 6.07 Å². The molecule has 1 aliphatic rings. The molecule has 0 saturated carbocycles. The predicted octanol–water partition coefficient (Wildman–Crippen LogP) is 3.40. The van der Waals surface area contributed by atoms with E-state index < -0.39 is 6.10 Å². The minimum atomic E-state index is -0.531. The largest absolute Gasteiger partial charge is 0.391 e. The number of benzene rings is 3. The lowest BCUT2D eigenvalue weighted by atomic mass is 9.94. The second-order valence-electron chi connectivity index (χ2n) is 5.93. The number of anilines is 1. The zero-order valence-electron chi connectivity index (χ0n) is 12.6. The minimum Gasteiger partial charge on any atom is -0.391 e. The van der Waals surface area contributed by atoms with E-state index in [9.17, 15) is 9.90 Å². The molecule has 0 spiro atoms. The molecule has 4 rings (SSSR count). The van der Waals surface area contributed by atoms with Gasteiger partial charge in [0.05, 0.1) is 18.3 Å². The van der Waals surface area contributed by atoms with E-state index in [1.54, 1.807) is 4.90 Å². The highest BCUT2D eigenvalue weighted by atomic mass is 16.3. The number of hydrogen-bond donors (Lipinski definition) is 1. The number of aliphatic hydroxyl groups is 1. The standard InChI is InChI=1S/C20H17NO2/c22-17-12-16-11-10-14-6-4-5-9-18(14)19(16)21(13-17)20(23)15-7-2-1-3-8-15/h1-11,17,22H,12-13H2. The Bertz CT molecular complexity index is 873. The van der Waals surface area contributed by atoms with Gasteiger partial charge in [0.1, 0.15) is 0 Å². The highest BCUT2D eigenvalue weighted by molar-refractivity contribution is 6.12. The molecule has 0 fully saturated rings. The number of amides is 1. The molecule has 0 saturated heterocycles. The molecule has 1 unspecified atom stereocenters. The Morgan fingerprint density at radius 1 is 0.957 bits per heavy atom. The summed E-state index contributed by atoms with van der Waals surface area (Å²) in [5.41, 5.74) is 2.59. The first-order valence-corrected chi connectivity index (χ1v) is 7.79. The van der Waals surface area contributed by atoms with Crippen LogP contribution in [0, 0.1) is 0 Å². The number of fused-ring (bicyclic) bond motifs is 3. The summed E-state index contributed by atoms with van der Waals surface area (Å²) in [5.74, 6) is -0.0676. The van der Waals surface area contributed by atoms with Gasteiger partial charge in [0.25, 0.3) is 5.91 Å². The Balaban J connectivity index is 1.90. The molecule has 0 aromatic heterocycles.